The minimum absolute atomic E-state index is 0.0576. The molecule has 1 aromatic rings. The van der Waals surface area contributed by atoms with Gasteiger partial charge in [-0.3, -0.25) is 9.69 Å². The molecule has 1 unspecified atom stereocenters. The van der Waals surface area contributed by atoms with Crippen LogP contribution in [-0.2, 0) is 9.53 Å². The van der Waals surface area contributed by atoms with E-state index >= 15 is 0 Å². The molecule has 0 spiro atoms. The molecule has 1 heterocycles. The number of hydrogen-bond donors (Lipinski definition) is 2. The first kappa shape index (κ1) is 20.4. The van der Waals surface area contributed by atoms with Crippen LogP contribution in [0.25, 0.3) is 0 Å². The summed E-state index contributed by atoms with van der Waals surface area (Å²) in [5.41, 5.74) is 0.672. The lowest BCUT2D eigenvalue weighted by molar-refractivity contribution is -0.138. The number of aliphatic carboxylic acids is 1. The molecule has 1 atom stereocenters. The van der Waals surface area contributed by atoms with E-state index in [0.29, 0.717) is 37.7 Å². The van der Waals surface area contributed by atoms with E-state index in [2.05, 4.69) is 5.32 Å². The molecule has 28 heavy (non-hydrogen) atoms. The fourth-order valence-electron chi connectivity index (χ4n) is 3.71. The quantitative estimate of drug-likeness (QED) is 0.741. The Hall–Kier alpha value is -2.32. The van der Waals surface area contributed by atoms with E-state index in [-0.39, 0.29) is 24.8 Å². The van der Waals surface area contributed by atoms with Crippen molar-refractivity contribution in [1.82, 2.24) is 9.80 Å². The lowest BCUT2D eigenvalue weighted by Gasteiger charge is -2.34. The van der Waals surface area contributed by atoms with Gasteiger partial charge in [-0.1, -0.05) is 12.1 Å². The summed E-state index contributed by atoms with van der Waals surface area (Å²) < 4.78 is 11.8. The number of carbonyl (C=O) groups excluding carboxylic acids is 1. The zero-order valence-electron chi connectivity index (χ0n) is 16.3. The lowest BCUT2D eigenvalue weighted by atomic mass is 10.2. The van der Waals surface area contributed by atoms with Crippen molar-refractivity contribution in [3.8, 4) is 5.75 Å². The molecule has 2 amide bonds. The first-order valence-corrected chi connectivity index (χ1v) is 9.85. The molecule has 2 aliphatic rings. The van der Waals surface area contributed by atoms with Crippen molar-refractivity contribution in [2.24, 2.45) is 0 Å². The molecule has 1 aliphatic carbocycles. The molecule has 1 aliphatic heterocycles. The maximum absolute atomic E-state index is 12.8. The summed E-state index contributed by atoms with van der Waals surface area (Å²) in [7, 11) is 1.73. The van der Waals surface area contributed by atoms with E-state index in [1.54, 1.807) is 16.8 Å². The Kier molecular flexibility index (Phi) is 7.11. The number of benzene rings is 1. The molecule has 154 valence electrons. The first-order chi connectivity index (χ1) is 13.5. The fourth-order valence-corrected chi connectivity index (χ4v) is 3.71. The topological polar surface area (TPSA) is 91.3 Å². The summed E-state index contributed by atoms with van der Waals surface area (Å²) in [6, 6.07) is 7.32. The third-order valence-electron chi connectivity index (χ3n) is 5.07. The number of nitrogens with zero attached hydrogens (tertiary/aromatic N) is 2. The Morgan fingerprint density at radius 2 is 2.07 bits per heavy atom. The monoisotopic (exact) mass is 391 g/mol. The molecular formula is C20H29N3O5. The number of carboxylic acids is 1. The predicted molar refractivity (Wildman–Crippen MR) is 105 cm³/mol. The Morgan fingerprint density at radius 1 is 1.32 bits per heavy atom. The molecule has 1 aromatic carbocycles. The third-order valence-corrected chi connectivity index (χ3v) is 5.07. The number of hydrogen-bond acceptors (Lipinski definition) is 5. The normalized spacial score (nSPS) is 20.4. The summed E-state index contributed by atoms with van der Waals surface area (Å²) >= 11 is 0. The van der Waals surface area contributed by atoms with Crippen molar-refractivity contribution in [1.29, 1.82) is 0 Å². The first-order valence-electron chi connectivity index (χ1n) is 9.85. The van der Waals surface area contributed by atoms with E-state index in [1.165, 1.54) is 12.8 Å². The van der Waals surface area contributed by atoms with Crippen LogP contribution in [0.3, 0.4) is 0 Å². The van der Waals surface area contributed by atoms with Crippen molar-refractivity contribution in [2.45, 2.75) is 37.9 Å². The average molecular weight is 391 g/mol. The van der Waals surface area contributed by atoms with Crippen LogP contribution in [0.5, 0.6) is 5.75 Å². The largest absolute Gasteiger partial charge is 0.488 e. The zero-order valence-corrected chi connectivity index (χ0v) is 16.3. The summed E-state index contributed by atoms with van der Waals surface area (Å²) in [4.78, 5) is 27.0. The van der Waals surface area contributed by atoms with Gasteiger partial charge in [-0.25, -0.2) is 4.79 Å². The second kappa shape index (κ2) is 9.75. The number of para-hydroxylation sites is 2. The number of likely N-dealkylation sites (N-methyl/N-ethyl adjacent to an activating group) is 1. The van der Waals surface area contributed by atoms with Gasteiger partial charge >= 0.3 is 12.0 Å². The van der Waals surface area contributed by atoms with Gasteiger partial charge in [-0.15, -0.1) is 0 Å². The Morgan fingerprint density at radius 3 is 2.82 bits per heavy atom. The van der Waals surface area contributed by atoms with Gasteiger partial charge in [0.05, 0.1) is 31.0 Å². The van der Waals surface area contributed by atoms with Gasteiger partial charge in [0.15, 0.2) is 0 Å². The standard InChI is InChI=1S/C20H29N3O5/c1-22(14-19(24)25)12-16-13-23(10-11-27-16)20(26)21-17-8-4-5-9-18(17)28-15-6-2-3-7-15/h4-5,8-9,15-16H,2-3,6-7,10-14H2,1H3,(H,21,26)(H,24,25). The summed E-state index contributed by atoms with van der Waals surface area (Å²) in [6.07, 6.45) is 4.48. The van der Waals surface area contributed by atoms with Crippen LogP contribution >= 0.6 is 0 Å². The van der Waals surface area contributed by atoms with Crippen molar-refractivity contribution < 1.29 is 24.2 Å². The molecule has 0 bridgehead atoms. The number of morpholine rings is 1. The minimum atomic E-state index is -0.883. The number of ether oxygens (including phenoxy) is 2. The molecule has 0 radical (unpaired) electrons. The maximum atomic E-state index is 12.8. The second-order valence-electron chi connectivity index (χ2n) is 7.48. The highest BCUT2D eigenvalue weighted by Crippen LogP contribution is 2.30. The molecule has 1 saturated carbocycles. The van der Waals surface area contributed by atoms with E-state index in [0.717, 1.165) is 12.8 Å². The number of urea groups is 1. The van der Waals surface area contributed by atoms with Crippen molar-refractivity contribution >= 4 is 17.7 Å². The third kappa shape index (κ3) is 5.84. The summed E-state index contributed by atoms with van der Waals surface area (Å²) in [5, 5.41) is 11.8. The molecule has 0 aromatic heterocycles. The molecular weight excluding hydrogens is 362 g/mol. The summed E-state index contributed by atoms with van der Waals surface area (Å²) in [6.45, 7) is 1.74. The maximum Gasteiger partial charge on any atom is 0.322 e. The van der Waals surface area contributed by atoms with Gasteiger partial charge in [0.25, 0.3) is 0 Å². The van der Waals surface area contributed by atoms with Crippen molar-refractivity contribution in [3.05, 3.63) is 24.3 Å². The number of carbonyl (C=O) groups is 2. The number of nitrogens with one attached hydrogen (secondary N) is 1. The van der Waals surface area contributed by atoms with Crippen LogP contribution in [0, 0.1) is 0 Å². The van der Waals surface area contributed by atoms with Crippen LogP contribution in [0.15, 0.2) is 24.3 Å². The van der Waals surface area contributed by atoms with E-state index in [4.69, 9.17) is 14.6 Å². The number of anilines is 1. The van der Waals surface area contributed by atoms with Gasteiger partial charge in [0.2, 0.25) is 0 Å². The zero-order chi connectivity index (χ0) is 19.9. The van der Waals surface area contributed by atoms with E-state index in [9.17, 15) is 9.59 Å². The van der Waals surface area contributed by atoms with E-state index < -0.39 is 5.97 Å². The minimum Gasteiger partial charge on any atom is -0.488 e. The van der Waals surface area contributed by atoms with Gasteiger partial charge < -0.3 is 24.8 Å². The Bertz CT molecular complexity index is 678. The van der Waals surface area contributed by atoms with E-state index in [1.807, 2.05) is 24.3 Å². The Labute approximate surface area is 165 Å². The van der Waals surface area contributed by atoms with Crippen molar-refractivity contribution in [2.75, 3.05) is 45.2 Å². The molecule has 3 rings (SSSR count). The smallest absolute Gasteiger partial charge is 0.322 e. The van der Waals surface area contributed by atoms with Crippen molar-refractivity contribution in [3.63, 3.8) is 0 Å². The highest BCUT2D eigenvalue weighted by Gasteiger charge is 2.26. The van der Waals surface area contributed by atoms with Gasteiger partial charge in [-0.05, 0) is 44.9 Å². The highest BCUT2D eigenvalue weighted by atomic mass is 16.5. The van der Waals surface area contributed by atoms with Gasteiger partial charge in [0, 0.05) is 19.6 Å². The molecule has 1 saturated heterocycles. The average Bonchev–Trinajstić information content (AvgIpc) is 3.16. The SMILES string of the molecule is CN(CC(=O)O)CC1CN(C(=O)Nc2ccccc2OC2CCCC2)CCO1. The van der Waals surface area contributed by atoms with Gasteiger partial charge in [0.1, 0.15) is 5.75 Å². The number of carboxylic acid groups (broad SMARTS) is 1. The van der Waals surface area contributed by atoms with Crippen LogP contribution < -0.4 is 10.1 Å². The number of rotatable bonds is 7. The summed E-state index contributed by atoms with van der Waals surface area (Å²) in [5.74, 6) is -0.180. The highest BCUT2D eigenvalue weighted by molar-refractivity contribution is 5.91. The van der Waals surface area contributed by atoms with Crippen LogP contribution in [0.1, 0.15) is 25.7 Å². The van der Waals surface area contributed by atoms with Gasteiger partial charge in [-0.2, -0.15) is 0 Å². The molecule has 8 nitrogen and oxygen atoms in total. The molecule has 2 N–H and O–H groups in total. The molecule has 2 fully saturated rings. The van der Waals surface area contributed by atoms with Crippen LogP contribution in [0.2, 0.25) is 0 Å². The Balaban J connectivity index is 1.56. The predicted octanol–water partition coefficient (Wildman–Crippen LogP) is 2.26. The van der Waals surface area contributed by atoms with Crippen LogP contribution in [0.4, 0.5) is 10.5 Å². The molecule has 8 heteroatoms. The second-order valence-corrected chi connectivity index (χ2v) is 7.48. The van der Waals surface area contributed by atoms with Crippen LogP contribution in [-0.4, -0.2) is 78.9 Å². The number of amides is 2. The lowest BCUT2D eigenvalue weighted by Crippen LogP contribution is -2.50. The fraction of sp³-hybridized carbons (Fsp3) is 0.600.